The molecule has 0 atom stereocenters. The second-order valence-electron chi connectivity index (χ2n) is 7.48. The van der Waals surface area contributed by atoms with Gasteiger partial charge in [0.2, 0.25) is 5.91 Å². The van der Waals surface area contributed by atoms with Gasteiger partial charge in [0.25, 0.3) is 0 Å². The Morgan fingerprint density at radius 1 is 1.21 bits per heavy atom. The lowest BCUT2D eigenvalue weighted by atomic mass is 10.1. The number of rotatable bonds is 7. The number of benzene rings is 1. The lowest BCUT2D eigenvalue weighted by Crippen LogP contribution is -2.44. The van der Waals surface area contributed by atoms with Gasteiger partial charge in [-0.25, -0.2) is 0 Å². The third kappa shape index (κ3) is 8.10. The Balaban J connectivity index is 0.00000300. The molecule has 0 unspecified atom stereocenters. The smallest absolute Gasteiger partial charge is 0.227 e. The molecule has 1 aliphatic heterocycles. The van der Waals surface area contributed by atoms with E-state index < -0.39 is 0 Å². The summed E-state index contributed by atoms with van der Waals surface area (Å²) in [6, 6.07) is 8.02. The predicted molar refractivity (Wildman–Crippen MR) is 128 cm³/mol. The summed E-state index contributed by atoms with van der Waals surface area (Å²) in [6.45, 7) is 6.11. The number of carbonyl (C=O) groups is 1. The average Bonchev–Trinajstić information content (AvgIpc) is 3.27. The lowest BCUT2D eigenvalue weighted by Gasteiger charge is -2.26. The minimum absolute atomic E-state index is 0. The molecule has 1 aromatic carbocycles. The number of hydrogen-bond donors (Lipinski definition) is 3. The van der Waals surface area contributed by atoms with Gasteiger partial charge in [-0.05, 0) is 30.5 Å². The number of anilines is 1. The number of morpholine rings is 1. The van der Waals surface area contributed by atoms with Crippen LogP contribution in [0.3, 0.4) is 0 Å². The zero-order valence-corrected chi connectivity index (χ0v) is 19.6. The van der Waals surface area contributed by atoms with Crippen molar-refractivity contribution in [2.75, 3.05) is 51.8 Å². The standard InChI is InChI=1S/C21H33N5O2.HI/c1-22-21(23-9-10-26-11-13-28-14-12-26)24-16-17-5-4-8-19(15-17)25-20(27)18-6-2-3-7-18;/h4-5,8,15,18H,2-3,6-7,9-14,16H2,1H3,(H,25,27)(H2,22,23,24);1H. The highest BCUT2D eigenvalue weighted by atomic mass is 127. The number of ether oxygens (including phenoxy) is 1. The van der Waals surface area contributed by atoms with Crippen molar-refractivity contribution in [2.24, 2.45) is 10.9 Å². The van der Waals surface area contributed by atoms with Crippen LogP contribution in [0.2, 0.25) is 0 Å². The number of guanidine groups is 1. The zero-order chi connectivity index (χ0) is 19.6. The average molecular weight is 515 g/mol. The molecule has 29 heavy (non-hydrogen) atoms. The van der Waals surface area contributed by atoms with Crippen LogP contribution in [0.4, 0.5) is 5.69 Å². The van der Waals surface area contributed by atoms with Crippen LogP contribution in [0.5, 0.6) is 0 Å². The van der Waals surface area contributed by atoms with Gasteiger partial charge in [0.1, 0.15) is 0 Å². The maximum absolute atomic E-state index is 12.3. The Morgan fingerprint density at radius 2 is 1.97 bits per heavy atom. The van der Waals surface area contributed by atoms with E-state index in [1.807, 2.05) is 18.2 Å². The van der Waals surface area contributed by atoms with E-state index in [9.17, 15) is 4.79 Å². The molecule has 3 rings (SSSR count). The van der Waals surface area contributed by atoms with Crippen molar-refractivity contribution >= 4 is 41.5 Å². The number of aliphatic imine (C=N–C) groups is 1. The van der Waals surface area contributed by atoms with Crippen molar-refractivity contribution in [3.8, 4) is 0 Å². The highest BCUT2D eigenvalue weighted by molar-refractivity contribution is 14.0. The third-order valence-electron chi connectivity index (χ3n) is 5.43. The first-order valence-corrected chi connectivity index (χ1v) is 10.4. The molecule has 1 saturated carbocycles. The molecule has 1 saturated heterocycles. The van der Waals surface area contributed by atoms with Crippen molar-refractivity contribution in [1.82, 2.24) is 15.5 Å². The van der Waals surface area contributed by atoms with Crippen LogP contribution in [-0.2, 0) is 16.1 Å². The molecule has 162 valence electrons. The van der Waals surface area contributed by atoms with Crippen LogP contribution >= 0.6 is 24.0 Å². The Hall–Kier alpha value is -1.39. The number of nitrogens with zero attached hydrogens (tertiary/aromatic N) is 2. The summed E-state index contributed by atoms with van der Waals surface area (Å²) in [5.41, 5.74) is 1.98. The van der Waals surface area contributed by atoms with Gasteiger partial charge in [0.15, 0.2) is 5.96 Å². The summed E-state index contributed by atoms with van der Waals surface area (Å²) in [6.07, 6.45) is 4.36. The first-order chi connectivity index (χ1) is 13.7. The summed E-state index contributed by atoms with van der Waals surface area (Å²) in [7, 11) is 1.78. The minimum Gasteiger partial charge on any atom is -0.379 e. The first-order valence-electron chi connectivity index (χ1n) is 10.4. The molecule has 2 aliphatic rings. The number of amides is 1. The molecular weight excluding hydrogens is 481 g/mol. The Kier molecular flexibility index (Phi) is 10.7. The molecule has 0 radical (unpaired) electrons. The van der Waals surface area contributed by atoms with E-state index in [4.69, 9.17) is 4.74 Å². The Morgan fingerprint density at radius 3 is 2.69 bits per heavy atom. The predicted octanol–water partition coefficient (Wildman–Crippen LogP) is 2.43. The van der Waals surface area contributed by atoms with Gasteiger partial charge in [0, 0.05) is 51.4 Å². The van der Waals surface area contributed by atoms with Crippen molar-refractivity contribution < 1.29 is 9.53 Å². The lowest BCUT2D eigenvalue weighted by molar-refractivity contribution is -0.119. The van der Waals surface area contributed by atoms with Gasteiger partial charge in [-0.15, -0.1) is 24.0 Å². The van der Waals surface area contributed by atoms with Crippen LogP contribution in [0, 0.1) is 5.92 Å². The SMILES string of the molecule is CN=C(NCCN1CCOCC1)NCc1cccc(NC(=O)C2CCCC2)c1.I. The highest BCUT2D eigenvalue weighted by Gasteiger charge is 2.22. The van der Waals surface area contributed by atoms with E-state index in [0.29, 0.717) is 6.54 Å². The van der Waals surface area contributed by atoms with Crippen molar-refractivity contribution in [3.63, 3.8) is 0 Å². The third-order valence-corrected chi connectivity index (χ3v) is 5.43. The second kappa shape index (κ2) is 13.0. The van der Waals surface area contributed by atoms with Crippen LogP contribution < -0.4 is 16.0 Å². The largest absolute Gasteiger partial charge is 0.379 e. The highest BCUT2D eigenvalue weighted by Crippen LogP contribution is 2.26. The van der Waals surface area contributed by atoms with Gasteiger partial charge in [0.05, 0.1) is 13.2 Å². The molecule has 2 fully saturated rings. The second-order valence-corrected chi connectivity index (χ2v) is 7.48. The molecule has 0 aromatic heterocycles. The van der Waals surface area contributed by atoms with Gasteiger partial charge < -0.3 is 20.7 Å². The monoisotopic (exact) mass is 515 g/mol. The van der Waals surface area contributed by atoms with Gasteiger partial charge >= 0.3 is 0 Å². The van der Waals surface area contributed by atoms with Crippen LogP contribution in [0.25, 0.3) is 0 Å². The minimum atomic E-state index is 0. The van der Waals surface area contributed by atoms with E-state index in [1.165, 1.54) is 12.8 Å². The fourth-order valence-corrected chi connectivity index (χ4v) is 3.75. The van der Waals surface area contributed by atoms with Crippen LogP contribution in [0.1, 0.15) is 31.2 Å². The normalized spacial score (nSPS) is 18.2. The number of hydrogen-bond acceptors (Lipinski definition) is 4. The molecular formula is C21H34IN5O2. The summed E-state index contributed by atoms with van der Waals surface area (Å²) in [4.78, 5) is 19.0. The quantitative estimate of drug-likeness (QED) is 0.296. The number of carbonyl (C=O) groups excluding carboxylic acids is 1. The van der Waals surface area contributed by atoms with E-state index in [1.54, 1.807) is 7.05 Å². The van der Waals surface area contributed by atoms with Gasteiger partial charge in [-0.3, -0.25) is 14.7 Å². The van der Waals surface area contributed by atoms with Crippen molar-refractivity contribution in [1.29, 1.82) is 0 Å². The van der Waals surface area contributed by atoms with Gasteiger partial charge in [-0.2, -0.15) is 0 Å². The Labute approximate surface area is 191 Å². The fraction of sp³-hybridized carbons (Fsp3) is 0.619. The molecule has 1 aliphatic carbocycles. The summed E-state index contributed by atoms with van der Waals surface area (Å²) >= 11 is 0. The Bertz CT molecular complexity index is 658. The van der Waals surface area contributed by atoms with Crippen molar-refractivity contribution in [3.05, 3.63) is 29.8 Å². The molecule has 0 bridgehead atoms. The molecule has 1 aromatic rings. The van der Waals surface area contributed by atoms with E-state index in [-0.39, 0.29) is 35.8 Å². The van der Waals surface area contributed by atoms with Crippen molar-refractivity contribution in [2.45, 2.75) is 32.2 Å². The van der Waals surface area contributed by atoms with Crippen LogP contribution in [-0.4, -0.2) is 63.2 Å². The van der Waals surface area contributed by atoms with E-state index >= 15 is 0 Å². The van der Waals surface area contributed by atoms with E-state index in [0.717, 1.165) is 69.4 Å². The molecule has 1 amide bonds. The zero-order valence-electron chi connectivity index (χ0n) is 17.3. The molecule has 0 spiro atoms. The number of nitrogens with one attached hydrogen (secondary N) is 3. The van der Waals surface area contributed by atoms with E-state index in [2.05, 4.69) is 31.9 Å². The fourth-order valence-electron chi connectivity index (χ4n) is 3.75. The summed E-state index contributed by atoms with van der Waals surface area (Å²) in [5, 5.41) is 9.77. The number of halogens is 1. The summed E-state index contributed by atoms with van der Waals surface area (Å²) < 4.78 is 5.37. The summed E-state index contributed by atoms with van der Waals surface area (Å²) in [5.74, 6) is 1.12. The molecule has 1 heterocycles. The molecule has 3 N–H and O–H groups in total. The first kappa shape index (κ1) is 23.9. The topological polar surface area (TPSA) is 78.0 Å². The molecule has 7 nitrogen and oxygen atoms in total. The van der Waals surface area contributed by atoms with Crippen LogP contribution in [0.15, 0.2) is 29.3 Å². The molecule has 8 heteroatoms. The maximum Gasteiger partial charge on any atom is 0.227 e. The maximum atomic E-state index is 12.3. The van der Waals surface area contributed by atoms with Gasteiger partial charge in [-0.1, -0.05) is 25.0 Å².